The van der Waals surface area contributed by atoms with E-state index in [9.17, 15) is 0 Å². The van der Waals surface area contributed by atoms with Gasteiger partial charge in [0, 0.05) is 15.5 Å². The number of hydrogen-bond donors (Lipinski definition) is 1. The highest BCUT2D eigenvalue weighted by Crippen LogP contribution is 2.29. The predicted octanol–water partition coefficient (Wildman–Crippen LogP) is 5.99. The van der Waals surface area contributed by atoms with E-state index in [0.717, 1.165) is 26.9 Å². The van der Waals surface area contributed by atoms with Gasteiger partial charge in [0.2, 0.25) is 0 Å². The Balaban J connectivity index is 1.89. The van der Waals surface area contributed by atoms with Crippen molar-refractivity contribution < 1.29 is 4.42 Å². The van der Waals surface area contributed by atoms with E-state index in [1.807, 2.05) is 12.1 Å². The van der Waals surface area contributed by atoms with Gasteiger partial charge in [-0.25, -0.2) is 0 Å². The molecule has 2 aromatic carbocycles. The summed E-state index contributed by atoms with van der Waals surface area (Å²) >= 11 is 3.49. The van der Waals surface area contributed by atoms with Crippen LogP contribution in [-0.4, -0.2) is 0 Å². The van der Waals surface area contributed by atoms with E-state index in [1.165, 1.54) is 11.1 Å². The molecule has 21 heavy (non-hydrogen) atoms. The maximum absolute atomic E-state index is 5.94. The quantitative estimate of drug-likeness (QED) is 0.632. The Bertz CT molecular complexity index is 791. The van der Waals surface area contributed by atoms with E-state index in [1.54, 1.807) is 0 Å². The topological polar surface area (TPSA) is 25.2 Å². The lowest BCUT2D eigenvalue weighted by Crippen LogP contribution is -2.06. The molecule has 0 amide bonds. The Morgan fingerprint density at radius 1 is 1.05 bits per heavy atom. The predicted molar refractivity (Wildman–Crippen MR) is 91.9 cm³/mol. The second-order valence-electron chi connectivity index (χ2n) is 5.52. The van der Waals surface area contributed by atoms with Crippen molar-refractivity contribution in [1.82, 2.24) is 0 Å². The molecular formula is C18H18BrNO. The molecule has 1 heterocycles. The van der Waals surface area contributed by atoms with Gasteiger partial charge in [-0.15, -0.1) is 0 Å². The zero-order valence-corrected chi connectivity index (χ0v) is 14.0. The second kappa shape index (κ2) is 5.57. The third-order valence-electron chi connectivity index (χ3n) is 3.69. The lowest BCUT2D eigenvalue weighted by molar-refractivity contribution is 0.526. The minimum absolute atomic E-state index is 0.122. The van der Waals surface area contributed by atoms with Gasteiger partial charge in [0.15, 0.2) is 0 Å². The molecule has 1 aromatic heterocycles. The maximum atomic E-state index is 5.94. The van der Waals surface area contributed by atoms with Gasteiger partial charge < -0.3 is 9.73 Å². The van der Waals surface area contributed by atoms with Crippen LogP contribution in [-0.2, 0) is 0 Å². The standard InChI is InChI=1S/C18H18BrNO/c1-11-4-5-12(2)16(8-11)20-13(3)18-10-14-9-15(19)6-7-17(14)21-18/h4-10,13,20H,1-3H3. The van der Waals surface area contributed by atoms with Crippen LogP contribution < -0.4 is 5.32 Å². The molecule has 0 saturated carbocycles. The molecule has 3 rings (SSSR count). The first kappa shape index (κ1) is 14.2. The van der Waals surface area contributed by atoms with Gasteiger partial charge in [-0.05, 0) is 62.2 Å². The van der Waals surface area contributed by atoms with Crippen molar-refractivity contribution in [1.29, 1.82) is 0 Å². The lowest BCUT2D eigenvalue weighted by atomic mass is 10.1. The van der Waals surface area contributed by atoms with Crippen molar-refractivity contribution in [3.63, 3.8) is 0 Å². The van der Waals surface area contributed by atoms with E-state index < -0.39 is 0 Å². The number of hydrogen-bond acceptors (Lipinski definition) is 2. The molecule has 1 unspecified atom stereocenters. The molecule has 0 bridgehead atoms. The van der Waals surface area contributed by atoms with E-state index >= 15 is 0 Å². The van der Waals surface area contributed by atoms with E-state index in [2.05, 4.69) is 72.3 Å². The molecule has 0 aliphatic rings. The number of furan rings is 1. The Morgan fingerprint density at radius 2 is 1.86 bits per heavy atom. The molecule has 108 valence electrons. The van der Waals surface area contributed by atoms with E-state index in [-0.39, 0.29) is 6.04 Å². The number of aryl methyl sites for hydroxylation is 2. The smallest absolute Gasteiger partial charge is 0.134 e. The second-order valence-corrected chi connectivity index (χ2v) is 6.43. The maximum Gasteiger partial charge on any atom is 0.134 e. The van der Waals surface area contributed by atoms with E-state index in [4.69, 9.17) is 4.42 Å². The van der Waals surface area contributed by atoms with E-state index in [0.29, 0.717) is 0 Å². The normalized spacial score (nSPS) is 12.6. The summed E-state index contributed by atoms with van der Waals surface area (Å²) in [6, 6.07) is 14.7. The summed E-state index contributed by atoms with van der Waals surface area (Å²) in [6.45, 7) is 6.34. The Kier molecular flexibility index (Phi) is 3.77. The van der Waals surface area contributed by atoms with Crippen molar-refractivity contribution in [3.05, 3.63) is 63.8 Å². The number of fused-ring (bicyclic) bond motifs is 1. The fourth-order valence-corrected chi connectivity index (χ4v) is 2.82. The monoisotopic (exact) mass is 343 g/mol. The van der Waals surface area contributed by atoms with Crippen LogP contribution in [0.2, 0.25) is 0 Å². The zero-order valence-electron chi connectivity index (χ0n) is 12.4. The Hall–Kier alpha value is -1.74. The highest BCUT2D eigenvalue weighted by atomic mass is 79.9. The van der Waals surface area contributed by atoms with Gasteiger partial charge in [0.25, 0.3) is 0 Å². The summed E-state index contributed by atoms with van der Waals surface area (Å²) in [4.78, 5) is 0. The summed E-state index contributed by atoms with van der Waals surface area (Å²) < 4.78 is 7.01. The number of nitrogens with one attached hydrogen (secondary N) is 1. The summed E-state index contributed by atoms with van der Waals surface area (Å²) in [5.74, 6) is 0.948. The third kappa shape index (κ3) is 2.98. The fraction of sp³-hybridized carbons (Fsp3) is 0.222. The van der Waals surface area contributed by atoms with Gasteiger partial charge in [-0.2, -0.15) is 0 Å². The van der Waals surface area contributed by atoms with Crippen LogP contribution in [0.1, 0.15) is 29.9 Å². The van der Waals surface area contributed by atoms with Gasteiger partial charge in [0.05, 0.1) is 6.04 Å². The third-order valence-corrected chi connectivity index (χ3v) is 4.18. The first-order chi connectivity index (χ1) is 10.0. The molecule has 2 nitrogen and oxygen atoms in total. The largest absolute Gasteiger partial charge is 0.459 e. The summed E-state index contributed by atoms with van der Waals surface area (Å²) in [5.41, 5.74) is 4.57. The molecular weight excluding hydrogens is 326 g/mol. The molecule has 0 aliphatic carbocycles. The first-order valence-corrected chi connectivity index (χ1v) is 7.85. The zero-order chi connectivity index (χ0) is 15.0. The lowest BCUT2D eigenvalue weighted by Gasteiger charge is -2.15. The summed E-state index contributed by atoms with van der Waals surface area (Å²) in [6.07, 6.45) is 0. The number of anilines is 1. The minimum atomic E-state index is 0.122. The summed E-state index contributed by atoms with van der Waals surface area (Å²) in [5, 5.41) is 4.66. The van der Waals surface area contributed by atoms with Crippen molar-refractivity contribution >= 4 is 32.6 Å². The van der Waals surface area contributed by atoms with Crippen LogP contribution in [0.4, 0.5) is 5.69 Å². The summed E-state index contributed by atoms with van der Waals surface area (Å²) in [7, 11) is 0. The average molecular weight is 344 g/mol. The van der Waals surface area contributed by atoms with Crippen LogP contribution in [0.25, 0.3) is 11.0 Å². The number of halogens is 1. The van der Waals surface area contributed by atoms with Gasteiger partial charge in [-0.3, -0.25) is 0 Å². The Morgan fingerprint density at radius 3 is 2.67 bits per heavy atom. The van der Waals surface area contributed by atoms with Gasteiger partial charge in [-0.1, -0.05) is 28.1 Å². The molecule has 1 N–H and O–H groups in total. The highest BCUT2D eigenvalue weighted by molar-refractivity contribution is 9.10. The average Bonchev–Trinajstić information content (AvgIpc) is 2.86. The van der Waals surface area contributed by atoms with Crippen molar-refractivity contribution in [2.75, 3.05) is 5.32 Å². The minimum Gasteiger partial charge on any atom is -0.459 e. The van der Waals surface area contributed by atoms with Crippen molar-refractivity contribution in [2.45, 2.75) is 26.8 Å². The molecule has 0 aliphatic heterocycles. The highest BCUT2D eigenvalue weighted by Gasteiger charge is 2.12. The molecule has 1 atom stereocenters. The van der Waals surface area contributed by atoms with Crippen LogP contribution in [0.15, 0.2) is 51.4 Å². The molecule has 0 spiro atoms. The number of benzene rings is 2. The molecule has 3 aromatic rings. The van der Waals surface area contributed by atoms with Crippen molar-refractivity contribution in [2.24, 2.45) is 0 Å². The number of rotatable bonds is 3. The van der Waals surface area contributed by atoms with Crippen molar-refractivity contribution in [3.8, 4) is 0 Å². The molecule has 0 saturated heterocycles. The molecule has 3 heteroatoms. The molecule has 0 radical (unpaired) electrons. The van der Waals surface area contributed by atoms with Gasteiger partial charge >= 0.3 is 0 Å². The Labute approximate surface area is 133 Å². The van der Waals surface area contributed by atoms with Crippen LogP contribution >= 0.6 is 15.9 Å². The van der Waals surface area contributed by atoms with Crippen LogP contribution in [0.5, 0.6) is 0 Å². The van der Waals surface area contributed by atoms with Crippen LogP contribution in [0, 0.1) is 13.8 Å². The fourth-order valence-electron chi connectivity index (χ4n) is 2.44. The van der Waals surface area contributed by atoms with Crippen LogP contribution in [0.3, 0.4) is 0 Å². The molecule has 0 fully saturated rings. The van der Waals surface area contributed by atoms with Gasteiger partial charge in [0.1, 0.15) is 11.3 Å². The SMILES string of the molecule is Cc1ccc(C)c(NC(C)c2cc3cc(Br)ccc3o2)c1. The first-order valence-electron chi connectivity index (χ1n) is 7.06.